The van der Waals surface area contributed by atoms with Gasteiger partial charge in [0.05, 0.1) is 40.9 Å². The average Bonchev–Trinajstić information content (AvgIpc) is 3.45. The molecule has 0 saturated carbocycles. The summed E-state index contributed by atoms with van der Waals surface area (Å²) in [7, 11) is 1.49. The number of halogens is 5. The van der Waals surface area contributed by atoms with Gasteiger partial charge in [0.1, 0.15) is 24.4 Å². The molecule has 202 valence electrons. The number of nitrogens with zero attached hydrogens (tertiary/aromatic N) is 7. The third-order valence-electron chi connectivity index (χ3n) is 5.87. The number of hydrogen-bond donors (Lipinski definition) is 1. The van der Waals surface area contributed by atoms with Crippen LogP contribution in [0.15, 0.2) is 48.9 Å². The first-order valence-corrected chi connectivity index (χ1v) is 11.6. The Morgan fingerprint density at radius 3 is 2.51 bits per heavy atom. The van der Waals surface area contributed by atoms with Crippen molar-refractivity contribution in [3.05, 3.63) is 65.9 Å². The molecule has 5 rings (SSSR count). The number of aryl methyl sites for hydroxylation is 2. The number of nitrogens with one attached hydrogen (secondary N) is 1. The lowest BCUT2D eigenvalue weighted by Gasteiger charge is -2.13. The Kier molecular flexibility index (Phi) is 6.62. The zero-order valence-corrected chi connectivity index (χ0v) is 20.8. The predicted octanol–water partition coefficient (Wildman–Crippen LogP) is 5.94. The van der Waals surface area contributed by atoms with Gasteiger partial charge in [-0.1, -0.05) is 0 Å². The highest BCUT2D eigenvalue weighted by Crippen LogP contribution is 2.35. The van der Waals surface area contributed by atoms with Gasteiger partial charge in [0, 0.05) is 23.4 Å². The molecule has 0 aliphatic heterocycles. The van der Waals surface area contributed by atoms with Crippen molar-refractivity contribution in [2.24, 2.45) is 0 Å². The third kappa shape index (κ3) is 5.35. The number of methoxy groups -OCH3 is 1. The molecule has 14 heteroatoms. The molecular formula is C25H21F5N8O. The maximum Gasteiger partial charge on any atom is 0.408 e. The summed E-state index contributed by atoms with van der Waals surface area (Å²) in [6.07, 6.45) is -4.90. The minimum Gasteiger partial charge on any atom is -0.494 e. The molecule has 0 amide bonds. The first kappa shape index (κ1) is 26.0. The molecule has 0 aliphatic carbocycles. The van der Waals surface area contributed by atoms with Crippen LogP contribution in [0.4, 0.5) is 33.5 Å². The number of fused-ring (bicyclic) bond motifs is 1. The second-order valence-electron chi connectivity index (χ2n) is 8.69. The van der Waals surface area contributed by atoms with Gasteiger partial charge >= 0.3 is 6.18 Å². The molecule has 4 aromatic heterocycles. The van der Waals surface area contributed by atoms with E-state index in [9.17, 15) is 22.0 Å². The Bertz CT molecular complexity index is 1640. The van der Waals surface area contributed by atoms with Crippen LogP contribution < -0.4 is 10.1 Å². The van der Waals surface area contributed by atoms with E-state index in [1.54, 1.807) is 28.8 Å². The summed E-state index contributed by atoms with van der Waals surface area (Å²) in [4.78, 5) is 8.83. The molecule has 5 aromatic rings. The second kappa shape index (κ2) is 9.93. The van der Waals surface area contributed by atoms with E-state index < -0.39 is 24.7 Å². The lowest BCUT2D eigenvalue weighted by molar-refractivity contribution is -0.142. The second-order valence-corrected chi connectivity index (χ2v) is 8.69. The topological polar surface area (TPSA) is 95.6 Å². The van der Waals surface area contributed by atoms with Crippen LogP contribution in [0.3, 0.4) is 0 Å². The molecule has 0 bridgehead atoms. The lowest BCUT2D eigenvalue weighted by atomic mass is 10.1. The van der Waals surface area contributed by atoms with Crippen LogP contribution in [-0.4, -0.2) is 47.8 Å². The monoisotopic (exact) mass is 544 g/mol. The van der Waals surface area contributed by atoms with Crippen molar-refractivity contribution in [1.29, 1.82) is 0 Å². The minimum atomic E-state index is -4.52. The number of rotatable bonds is 7. The van der Waals surface area contributed by atoms with E-state index in [4.69, 9.17) is 4.74 Å². The predicted molar refractivity (Wildman–Crippen MR) is 132 cm³/mol. The Morgan fingerprint density at radius 2 is 1.85 bits per heavy atom. The Morgan fingerprint density at radius 1 is 1.05 bits per heavy atom. The van der Waals surface area contributed by atoms with E-state index in [1.807, 2.05) is 6.92 Å². The SMILES string of the molecule is COc1cc2c(cc1Nc1ccc(C)nn1)ncn2-c1ccc(C(F)F)c(-c2cn(CC(F)(F)F)nc2C)n1. The number of hydrogen-bond acceptors (Lipinski definition) is 7. The van der Waals surface area contributed by atoms with Crippen molar-refractivity contribution in [2.75, 3.05) is 12.4 Å². The van der Waals surface area contributed by atoms with E-state index in [2.05, 4.69) is 30.6 Å². The summed E-state index contributed by atoms with van der Waals surface area (Å²) in [5.74, 6) is 1.17. The quantitative estimate of drug-likeness (QED) is 0.253. The van der Waals surface area contributed by atoms with E-state index >= 15 is 0 Å². The Balaban J connectivity index is 1.57. The normalized spacial score (nSPS) is 11.9. The lowest BCUT2D eigenvalue weighted by Crippen LogP contribution is -2.17. The molecule has 0 saturated heterocycles. The average molecular weight is 544 g/mol. The fourth-order valence-corrected chi connectivity index (χ4v) is 4.09. The molecule has 0 unspecified atom stereocenters. The van der Waals surface area contributed by atoms with Gasteiger partial charge in [-0.25, -0.2) is 18.7 Å². The highest BCUT2D eigenvalue weighted by molar-refractivity contribution is 5.86. The Labute approximate surface area is 218 Å². The smallest absolute Gasteiger partial charge is 0.408 e. The van der Waals surface area contributed by atoms with E-state index in [0.29, 0.717) is 33.0 Å². The van der Waals surface area contributed by atoms with Gasteiger partial charge in [-0.15, -0.1) is 5.10 Å². The molecule has 1 N–H and O–H groups in total. The molecule has 0 radical (unpaired) electrons. The van der Waals surface area contributed by atoms with Gasteiger partial charge in [0.2, 0.25) is 0 Å². The fraction of sp³-hybridized carbons (Fsp3) is 0.240. The van der Waals surface area contributed by atoms with Crippen LogP contribution in [-0.2, 0) is 6.54 Å². The van der Waals surface area contributed by atoms with Crippen molar-refractivity contribution in [3.63, 3.8) is 0 Å². The first-order chi connectivity index (χ1) is 18.5. The van der Waals surface area contributed by atoms with E-state index in [1.165, 1.54) is 32.5 Å². The van der Waals surface area contributed by atoms with Crippen LogP contribution in [0.1, 0.15) is 23.4 Å². The number of anilines is 2. The number of benzene rings is 1. The first-order valence-electron chi connectivity index (χ1n) is 11.6. The summed E-state index contributed by atoms with van der Waals surface area (Å²) in [5, 5.41) is 15.1. The zero-order valence-electron chi connectivity index (χ0n) is 20.8. The zero-order chi connectivity index (χ0) is 27.9. The molecule has 9 nitrogen and oxygen atoms in total. The molecule has 0 spiro atoms. The van der Waals surface area contributed by atoms with Gasteiger partial charge < -0.3 is 10.1 Å². The molecule has 1 aromatic carbocycles. The summed E-state index contributed by atoms with van der Waals surface area (Å²) in [6.45, 7) is 1.91. The van der Waals surface area contributed by atoms with Crippen molar-refractivity contribution in [1.82, 2.24) is 34.5 Å². The van der Waals surface area contributed by atoms with Crippen LogP contribution >= 0.6 is 0 Å². The van der Waals surface area contributed by atoms with E-state index in [0.717, 1.165) is 11.9 Å². The maximum atomic E-state index is 13.9. The number of aromatic nitrogens is 7. The minimum absolute atomic E-state index is 0.0732. The van der Waals surface area contributed by atoms with Gasteiger partial charge in [0.25, 0.3) is 6.43 Å². The van der Waals surface area contributed by atoms with Gasteiger partial charge in [-0.05, 0) is 44.2 Å². The van der Waals surface area contributed by atoms with Crippen LogP contribution in [0.2, 0.25) is 0 Å². The fourth-order valence-electron chi connectivity index (χ4n) is 4.09. The molecule has 39 heavy (non-hydrogen) atoms. The summed E-state index contributed by atoms with van der Waals surface area (Å²) in [6, 6.07) is 9.57. The summed E-state index contributed by atoms with van der Waals surface area (Å²) in [5.41, 5.74) is 2.03. The van der Waals surface area contributed by atoms with Crippen molar-refractivity contribution >= 4 is 22.5 Å². The van der Waals surface area contributed by atoms with Crippen LogP contribution in [0.5, 0.6) is 5.75 Å². The standard InChI is InChI=1S/C25H21F5N8O/c1-13-4-6-21(35-34-13)32-18-8-17-19(9-20(18)39-3)38(12-31-17)22-7-5-15(24(26)27)23(33-22)16-10-37(36-14(16)2)11-25(28,29)30/h4-10,12,24H,11H2,1-3H3,(H,32,35). The third-order valence-corrected chi connectivity index (χ3v) is 5.87. The number of pyridine rings is 1. The van der Waals surface area contributed by atoms with Gasteiger partial charge in [-0.3, -0.25) is 9.25 Å². The highest BCUT2D eigenvalue weighted by Gasteiger charge is 2.29. The highest BCUT2D eigenvalue weighted by atomic mass is 19.4. The van der Waals surface area contributed by atoms with Gasteiger partial charge in [-0.2, -0.15) is 23.4 Å². The van der Waals surface area contributed by atoms with Crippen molar-refractivity contribution in [3.8, 4) is 22.8 Å². The van der Waals surface area contributed by atoms with Crippen LogP contribution in [0, 0.1) is 13.8 Å². The molecule has 0 aliphatic rings. The summed E-state index contributed by atoms with van der Waals surface area (Å²) >= 11 is 0. The number of alkyl halides is 5. The molecule has 0 fully saturated rings. The number of imidazole rings is 1. The van der Waals surface area contributed by atoms with Gasteiger partial charge in [0.15, 0.2) is 5.82 Å². The van der Waals surface area contributed by atoms with E-state index in [-0.39, 0.29) is 22.8 Å². The number of ether oxygens (including phenoxy) is 1. The molecule has 4 heterocycles. The van der Waals surface area contributed by atoms with Crippen molar-refractivity contribution in [2.45, 2.75) is 33.0 Å². The Hall–Kier alpha value is -4.62. The largest absolute Gasteiger partial charge is 0.494 e. The van der Waals surface area contributed by atoms with Crippen molar-refractivity contribution < 1.29 is 26.7 Å². The molecular weight excluding hydrogens is 523 g/mol. The molecule has 0 atom stereocenters. The van der Waals surface area contributed by atoms with Crippen LogP contribution in [0.25, 0.3) is 28.1 Å². The summed E-state index contributed by atoms with van der Waals surface area (Å²) < 4.78 is 74.2. The maximum absolute atomic E-state index is 13.9.